The molecule has 0 aliphatic rings. The smallest absolute Gasteiger partial charge is 0.261 e. The van der Waals surface area contributed by atoms with E-state index in [0.717, 1.165) is 18.5 Å². The number of alkyl halides is 2. The fraction of sp³-hybridized carbons (Fsp3) is 0.538. The summed E-state index contributed by atoms with van der Waals surface area (Å²) in [5, 5.41) is 3.19. The molecule has 0 amide bonds. The van der Waals surface area contributed by atoms with Gasteiger partial charge < -0.3 is 10.1 Å². The normalized spacial score (nSPS) is 12.9. The van der Waals surface area contributed by atoms with Gasteiger partial charge in [0.05, 0.1) is 6.10 Å². The average molecular weight is 243 g/mol. The van der Waals surface area contributed by atoms with Crippen molar-refractivity contribution in [1.82, 2.24) is 5.32 Å². The van der Waals surface area contributed by atoms with Crippen LogP contribution < -0.4 is 5.32 Å². The number of nitrogens with one attached hydrogen (secondary N) is 1. The van der Waals surface area contributed by atoms with Crippen LogP contribution in [0.25, 0.3) is 0 Å². The van der Waals surface area contributed by atoms with Crippen molar-refractivity contribution in [2.24, 2.45) is 0 Å². The van der Waals surface area contributed by atoms with Crippen LogP contribution in [-0.4, -0.2) is 26.1 Å². The highest BCUT2D eigenvalue weighted by molar-refractivity contribution is 5.17. The predicted octanol–water partition coefficient (Wildman–Crippen LogP) is 3.01. The molecule has 2 nitrogen and oxygen atoms in total. The highest BCUT2D eigenvalue weighted by Gasteiger charge is 2.13. The van der Waals surface area contributed by atoms with Gasteiger partial charge in [-0.2, -0.15) is 0 Å². The van der Waals surface area contributed by atoms with Gasteiger partial charge in [-0.05, 0) is 18.5 Å². The van der Waals surface area contributed by atoms with Crippen molar-refractivity contribution >= 4 is 0 Å². The Balaban J connectivity index is 2.52. The largest absolute Gasteiger partial charge is 0.366 e. The molecule has 0 aromatic heterocycles. The van der Waals surface area contributed by atoms with Crippen LogP contribution in [0.3, 0.4) is 0 Å². The fourth-order valence-electron chi connectivity index (χ4n) is 1.54. The molecule has 0 aliphatic heterocycles. The van der Waals surface area contributed by atoms with Gasteiger partial charge >= 0.3 is 0 Å². The summed E-state index contributed by atoms with van der Waals surface area (Å²) in [5.41, 5.74) is 0.928. The second kappa shape index (κ2) is 8.14. The molecule has 17 heavy (non-hydrogen) atoms. The fourth-order valence-corrected chi connectivity index (χ4v) is 1.54. The molecule has 1 N–H and O–H groups in total. The third kappa shape index (κ3) is 5.75. The summed E-state index contributed by atoms with van der Waals surface area (Å²) >= 11 is 0. The number of rotatable bonds is 8. The molecule has 1 unspecified atom stereocenters. The zero-order valence-corrected chi connectivity index (χ0v) is 10.0. The van der Waals surface area contributed by atoms with E-state index in [-0.39, 0.29) is 6.10 Å². The van der Waals surface area contributed by atoms with Crippen LogP contribution in [0.15, 0.2) is 30.3 Å². The Kier molecular flexibility index (Phi) is 6.74. The second-order valence-corrected chi connectivity index (χ2v) is 3.83. The van der Waals surface area contributed by atoms with Crippen molar-refractivity contribution in [1.29, 1.82) is 0 Å². The lowest BCUT2D eigenvalue weighted by Gasteiger charge is -2.18. The van der Waals surface area contributed by atoms with Gasteiger partial charge in [-0.3, -0.25) is 0 Å². The Morgan fingerprint density at radius 1 is 1.24 bits per heavy atom. The topological polar surface area (TPSA) is 21.3 Å². The van der Waals surface area contributed by atoms with E-state index >= 15 is 0 Å². The summed E-state index contributed by atoms with van der Waals surface area (Å²) in [6, 6.07) is 9.45. The summed E-state index contributed by atoms with van der Waals surface area (Å²) in [7, 11) is 0. The van der Waals surface area contributed by atoms with E-state index in [1.165, 1.54) is 0 Å². The third-order valence-electron chi connectivity index (χ3n) is 2.35. The molecule has 0 radical (unpaired) electrons. The Hall–Kier alpha value is -1.00. The summed E-state index contributed by atoms with van der Waals surface area (Å²) in [6.07, 6.45) is -1.72. The number of hydrogen-bond acceptors (Lipinski definition) is 2. The molecule has 0 bridgehead atoms. The van der Waals surface area contributed by atoms with Gasteiger partial charge in [0.25, 0.3) is 6.43 Å². The summed E-state index contributed by atoms with van der Waals surface area (Å²) in [5.74, 6) is 0. The van der Waals surface area contributed by atoms with Gasteiger partial charge in [-0.1, -0.05) is 37.3 Å². The van der Waals surface area contributed by atoms with E-state index in [4.69, 9.17) is 4.74 Å². The quantitative estimate of drug-likeness (QED) is 0.709. The lowest BCUT2D eigenvalue weighted by atomic mass is 10.1. The van der Waals surface area contributed by atoms with Crippen LogP contribution in [0.4, 0.5) is 8.78 Å². The third-order valence-corrected chi connectivity index (χ3v) is 2.35. The zero-order chi connectivity index (χ0) is 12.5. The molecule has 0 saturated heterocycles. The Morgan fingerprint density at radius 2 is 1.94 bits per heavy atom. The van der Waals surface area contributed by atoms with Gasteiger partial charge in [0.1, 0.15) is 6.61 Å². The molecule has 0 fully saturated rings. The first-order valence-corrected chi connectivity index (χ1v) is 5.89. The molecule has 1 aromatic carbocycles. The monoisotopic (exact) mass is 243 g/mol. The highest BCUT2D eigenvalue weighted by atomic mass is 19.3. The van der Waals surface area contributed by atoms with E-state index < -0.39 is 13.0 Å². The van der Waals surface area contributed by atoms with Gasteiger partial charge in [-0.15, -0.1) is 0 Å². The molecule has 0 aliphatic carbocycles. The minimum absolute atomic E-state index is 0.309. The first kappa shape index (κ1) is 14.1. The van der Waals surface area contributed by atoms with Gasteiger partial charge in [0.2, 0.25) is 0 Å². The molecule has 4 heteroatoms. The molecule has 1 atom stereocenters. The van der Waals surface area contributed by atoms with Crippen molar-refractivity contribution in [3.05, 3.63) is 35.9 Å². The predicted molar refractivity (Wildman–Crippen MR) is 64.3 cm³/mol. The first-order valence-electron chi connectivity index (χ1n) is 5.89. The van der Waals surface area contributed by atoms with Crippen LogP contribution in [0, 0.1) is 0 Å². The summed E-state index contributed by atoms with van der Waals surface area (Å²) < 4.78 is 29.5. The molecular formula is C13H19F2NO. The second-order valence-electron chi connectivity index (χ2n) is 3.83. The number of ether oxygens (including phenoxy) is 1. The van der Waals surface area contributed by atoms with Crippen molar-refractivity contribution in [2.45, 2.75) is 25.9 Å². The standard InChI is InChI=1S/C13H19F2NO/c1-2-8-16-9-12(17-10-13(14)15)11-6-4-3-5-7-11/h3-7,12-13,16H,2,8-10H2,1H3. The van der Waals surface area contributed by atoms with Crippen LogP contribution in [0.1, 0.15) is 25.0 Å². The van der Waals surface area contributed by atoms with E-state index in [0.29, 0.717) is 6.54 Å². The van der Waals surface area contributed by atoms with Crippen molar-refractivity contribution in [3.63, 3.8) is 0 Å². The lowest BCUT2D eigenvalue weighted by molar-refractivity contribution is -0.0245. The maximum atomic E-state index is 12.2. The number of benzene rings is 1. The van der Waals surface area contributed by atoms with Crippen LogP contribution in [0.5, 0.6) is 0 Å². The van der Waals surface area contributed by atoms with Crippen LogP contribution in [0.2, 0.25) is 0 Å². The van der Waals surface area contributed by atoms with Gasteiger partial charge in [0.15, 0.2) is 0 Å². The molecule has 96 valence electrons. The number of hydrogen-bond donors (Lipinski definition) is 1. The summed E-state index contributed by atoms with van der Waals surface area (Å²) in [4.78, 5) is 0. The van der Waals surface area contributed by atoms with Crippen molar-refractivity contribution in [3.8, 4) is 0 Å². The molecule has 0 heterocycles. The highest BCUT2D eigenvalue weighted by Crippen LogP contribution is 2.17. The van der Waals surface area contributed by atoms with Crippen molar-refractivity contribution < 1.29 is 13.5 Å². The maximum absolute atomic E-state index is 12.2. The molecular weight excluding hydrogens is 224 g/mol. The lowest BCUT2D eigenvalue weighted by Crippen LogP contribution is -2.25. The molecule has 0 saturated carbocycles. The van der Waals surface area contributed by atoms with E-state index in [9.17, 15) is 8.78 Å². The Labute approximate surface area is 101 Å². The van der Waals surface area contributed by atoms with Crippen LogP contribution >= 0.6 is 0 Å². The SMILES string of the molecule is CCCNCC(OCC(F)F)c1ccccc1. The van der Waals surface area contributed by atoms with E-state index in [2.05, 4.69) is 12.2 Å². The van der Waals surface area contributed by atoms with Crippen molar-refractivity contribution in [2.75, 3.05) is 19.7 Å². The van der Waals surface area contributed by atoms with Crippen LogP contribution in [-0.2, 0) is 4.74 Å². The van der Waals surface area contributed by atoms with E-state index in [1.54, 1.807) is 0 Å². The minimum Gasteiger partial charge on any atom is -0.366 e. The molecule has 1 aromatic rings. The number of halogens is 2. The zero-order valence-electron chi connectivity index (χ0n) is 10.0. The van der Waals surface area contributed by atoms with Gasteiger partial charge in [0, 0.05) is 6.54 Å². The Bertz CT molecular complexity index is 293. The Morgan fingerprint density at radius 3 is 2.53 bits per heavy atom. The molecule has 0 spiro atoms. The van der Waals surface area contributed by atoms with E-state index in [1.807, 2.05) is 30.3 Å². The maximum Gasteiger partial charge on any atom is 0.261 e. The first-order chi connectivity index (χ1) is 8.24. The summed E-state index contributed by atoms with van der Waals surface area (Å²) in [6.45, 7) is 2.96. The average Bonchev–Trinajstić information content (AvgIpc) is 2.34. The molecule has 1 rings (SSSR count). The van der Waals surface area contributed by atoms with Gasteiger partial charge in [-0.25, -0.2) is 8.78 Å². The minimum atomic E-state index is -2.42.